The number of fused-ring (bicyclic) bond motifs is 3. The number of methoxy groups -OCH3 is 1. The van der Waals surface area contributed by atoms with Crippen LogP contribution in [0.5, 0.6) is 0 Å². The third-order valence-electron chi connectivity index (χ3n) is 4.61. The summed E-state index contributed by atoms with van der Waals surface area (Å²) in [5.41, 5.74) is 1.27. The van der Waals surface area contributed by atoms with E-state index in [-0.39, 0.29) is 23.3 Å². The number of esters is 1. The van der Waals surface area contributed by atoms with E-state index in [0.717, 1.165) is 0 Å². The zero-order valence-electron chi connectivity index (χ0n) is 15.4. The quantitative estimate of drug-likeness (QED) is 0.541. The van der Waals surface area contributed by atoms with E-state index >= 15 is 0 Å². The lowest BCUT2D eigenvalue weighted by Crippen LogP contribution is -2.29. The molecule has 0 spiro atoms. The number of para-hydroxylation sites is 1. The number of hydrogen-bond donors (Lipinski definition) is 1. The highest BCUT2D eigenvalue weighted by Gasteiger charge is 2.17. The molecule has 0 atom stereocenters. The minimum absolute atomic E-state index is 0.189. The Morgan fingerprint density at radius 2 is 1.83 bits per heavy atom. The van der Waals surface area contributed by atoms with Crippen molar-refractivity contribution in [1.29, 1.82) is 0 Å². The van der Waals surface area contributed by atoms with Crippen LogP contribution in [-0.4, -0.2) is 28.0 Å². The second-order valence-corrected chi connectivity index (χ2v) is 6.37. The van der Waals surface area contributed by atoms with Crippen molar-refractivity contribution in [3.05, 3.63) is 82.5 Å². The van der Waals surface area contributed by atoms with E-state index in [1.54, 1.807) is 47.0 Å². The summed E-state index contributed by atoms with van der Waals surface area (Å²) < 4.78 is 21.4. The highest BCUT2D eigenvalue weighted by molar-refractivity contribution is 6.01. The molecule has 0 aliphatic rings. The van der Waals surface area contributed by atoms with Crippen LogP contribution in [0.25, 0.3) is 16.6 Å². The Hall–Kier alpha value is -3.94. The van der Waals surface area contributed by atoms with Crippen LogP contribution in [0.1, 0.15) is 10.4 Å². The molecule has 0 bridgehead atoms. The van der Waals surface area contributed by atoms with E-state index in [0.29, 0.717) is 11.0 Å². The summed E-state index contributed by atoms with van der Waals surface area (Å²) in [5, 5.41) is 2.62. The molecule has 0 aliphatic carbocycles. The summed E-state index contributed by atoms with van der Waals surface area (Å²) >= 11 is 0. The fraction of sp³-hybridized carbons (Fsp3) is 0.0952. The fourth-order valence-corrected chi connectivity index (χ4v) is 3.30. The predicted octanol–water partition coefficient (Wildman–Crippen LogP) is 2.82. The van der Waals surface area contributed by atoms with Gasteiger partial charge in [0.05, 0.1) is 29.4 Å². The van der Waals surface area contributed by atoms with E-state index in [1.165, 1.54) is 29.9 Å². The summed E-state index contributed by atoms with van der Waals surface area (Å²) in [5.74, 6) is -1.65. The minimum Gasteiger partial charge on any atom is -0.465 e. The molecule has 0 saturated heterocycles. The molecule has 146 valence electrons. The molecule has 1 N–H and O–H groups in total. The summed E-state index contributed by atoms with van der Waals surface area (Å²) in [6.45, 7) is -0.351. The number of carbonyl (C=O) groups excluding carboxylic acids is 2. The zero-order valence-corrected chi connectivity index (χ0v) is 15.4. The highest BCUT2D eigenvalue weighted by atomic mass is 19.1. The molecule has 0 saturated carbocycles. The van der Waals surface area contributed by atoms with Crippen LogP contribution in [0.15, 0.2) is 65.6 Å². The number of carbonyl (C=O) groups is 2. The van der Waals surface area contributed by atoms with E-state index < -0.39 is 23.3 Å². The lowest BCUT2D eigenvalue weighted by atomic mass is 10.2. The average molecular weight is 393 g/mol. The van der Waals surface area contributed by atoms with Gasteiger partial charge in [-0.15, -0.1) is 0 Å². The zero-order chi connectivity index (χ0) is 20.5. The molecular weight excluding hydrogens is 377 g/mol. The number of amides is 1. The van der Waals surface area contributed by atoms with Gasteiger partial charge in [-0.05, 0) is 42.5 Å². The first kappa shape index (κ1) is 18.4. The van der Waals surface area contributed by atoms with Crippen molar-refractivity contribution >= 4 is 34.1 Å². The van der Waals surface area contributed by atoms with Gasteiger partial charge in [-0.25, -0.2) is 9.18 Å². The second-order valence-electron chi connectivity index (χ2n) is 6.37. The minimum atomic E-state index is -0.597. The number of halogens is 1. The molecule has 0 radical (unpaired) electrons. The number of nitrogens with one attached hydrogen (secondary N) is 1. The lowest BCUT2D eigenvalue weighted by Gasteiger charge is -2.14. The number of hydrogen-bond acceptors (Lipinski definition) is 4. The summed E-state index contributed by atoms with van der Waals surface area (Å²) in [7, 11) is 1.24. The first-order chi connectivity index (χ1) is 14.0. The topological polar surface area (TPSA) is 81.8 Å². The smallest absolute Gasteiger partial charge is 0.339 e. The van der Waals surface area contributed by atoms with Crippen molar-refractivity contribution in [2.24, 2.45) is 0 Å². The Morgan fingerprint density at radius 1 is 1.03 bits per heavy atom. The van der Waals surface area contributed by atoms with Crippen molar-refractivity contribution in [3.63, 3.8) is 0 Å². The Bertz CT molecular complexity index is 1320. The molecule has 2 heterocycles. The Kier molecular flexibility index (Phi) is 4.59. The molecule has 8 heteroatoms. The number of benzene rings is 2. The largest absolute Gasteiger partial charge is 0.465 e. The van der Waals surface area contributed by atoms with Crippen LogP contribution in [0.3, 0.4) is 0 Å². The third-order valence-corrected chi connectivity index (χ3v) is 4.61. The maximum atomic E-state index is 13.9. The molecule has 0 unspecified atom stereocenters. The fourth-order valence-electron chi connectivity index (χ4n) is 3.30. The molecule has 2 aromatic heterocycles. The normalized spacial score (nSPS) is 11.0. The van der Waals surface area contributed by atoms with Crippen molar-refractivity contribution in [2.75, 3.05) is 12.4 Å². The van der Waals surface area contributed by atoms with Gasteiger partial charge < -0.3 is 14.5 Å². The molecule has 0 fully saturated rings. The monoisotopic (exact) mass is 393 g/mol. The first-order valence-electron chi connectivity index (χ1n) is 8.76. The van der Waals surface area contributed by atoms with Crippen LogP contribution in [-0.2, 0) is 16.1 Å². The first-order valence-corrected chi connectivity index (χ1v) is 8.76. The van der Waals surface area contributed by atoms with Gasteiger partial charge in [-0.2, -0.15) is 0 Å². The van der Waals surface area contributed by atoms with Crippen LogP contribution in [0.2, 0.25) is 0 Å². The Balaban J connectivity index is 1.76. The second kappa shape index (κ2) is 7.23. The molecule has 0 aliphatic heterocycles. The molecular formula is C21H16FN3O4. The van der Waals surface area contributed by atoms with Crippen LogP contribution in [0.4, 0.5) is 10.1 Å². The Labute approximate surface area is 163 Å². The van der Waals surface area contributed by atoms with Crippen molar-refractivity contribution in [2.45, 2.75) is 6.54 Å². The van der Waals surface area contributed by atoms with E-state index in [2.05, 4.69) is 5.32 Å². The third kappa shape index (κ3) is 3.25. The maximum Gasteiger partial charge on any atom is 0.339 e. The number of aromatic nitrogens is 2. The number of anilines is 1. The van der Waals surface area contributed by atoms with Crippen LogP contribution < -0.4 is 10.9 Å². The van der Waals surface area contributed by atoms with Crippen molar-refractivity contribution in [3.8, 4) is 0 Å². The van der Waals surface area contributed by atoms with Gasteiger partial charge in [0.2, 0.25) is 5.91 Å². The molecule has 4 aromatic rings. The van der Waals surface area contributed by atoms with Gasteiger partial charge >= 0.3 is 5.97 Å². The van der Waals surface area contributed by atoms with E-state index in [1.807, 2.05) is 0 Å². The van der Waals surface area contributed by atoms with Gasteiger partial charge in [0, 0.05) is 6.20 Å². The molecule has 7 nitrogen and oxygen atoms in total. The van der Waals surface area contributed by atoms with Crippen LogP contribution >= 0.6 is 0 Å². The molecule has 1 amide bonds. The lowest BCUT2D eigenvalue weighted by molar-refractivity contribution is -0.116. The molecule has 4 rings (SSSR count). The van der Waals surface area contributed by atoms with Gasteiger partial charge in [0.25, 0.3) is 5.56 Å². The summed E-state index contributed by atoms with van der Waals surface area (Å²) in [4.78, 5) is 37.5. The maximum absolute atomic E-state index is 13.9. The highest BCUT2D eigenvalue weighted by Crippen LogP contribution is 2.18. The number of rotatable bonds is 4. The van der Waals surface area contributed by atoms with Crippen molar-refractivity contribution in [1.82, 2.24) is 8.97 Å². The van der Waals surface area contributed by atoms with Gasteiger partial charge in [-0.1, -0.05) is 12.1 Å². The average Bonchev–Trinajstić information content (AvgIpc) is 3.21. The molecule has 2 aromatic carbocycles. The predicted molar refractivity (Wildman–Crippen MR) is 106 cm³/mol. The van der Waals surface area contributed by atoms with Crippen molar-refractivity contribution < 1.29 is 18.7 Å². The van der Waals surface area contributed by atoms with Gasteiger partial charge in [0.15, 0.2) is 0 Å². The number of ether oxygens (including phenoxy) is 1. The van der Waals surface area contributed by atoms with Gasteiger partial charge in [0.1, 0.15) is 17.9 Å². The van der Waals surface area contributed by atoms with E-state index in [9.17, 15) is 18.8 Å². The SMILES string of the molecule is COC(=O)c1ccccc1NC(=O)Cn1c(=O)c2cccn2c2ccc(F)cc21. The Morgan fingerprint density at radius 3 is 2.62 bits per heavy atom. The molecule has 29 heavy (non-hydrogen) atoms. The standard InChI is InChI=1S/C21H16FN3O4/c1-29-21(28)14-5-2-3-6-15(14)23-19(26)12-25-18-11-13(22)8-9-16(18)24-10-4-7-17(24)20(25)27/h2-11H,12H2,1H3,(H,23,26). The van der Waals surface area contributed by atoms with E-state index in [4.69, 9.17) is 4.74 Å². The van der Waals surface area contributed by atoms with Crippen LogP contribution in [0, 0.1) is 5.82 Å². The summed E-state index contributed by atoms with van der Waals surface area (Å²) in [6, 6.07) is 13.8. The van der Waals surface area contributed by atoms with Gasteiger partial charge in [-0.3, -0.25) is 14.2 Å². The summed E-state index contributed by atoms with van der Waals surface area (Å²) in [6.07, 6.45) is 1.70. The number of nitrogens with zero attached hydrogens (tertiary/aromatic N) is 2.